The van der Waals surface area contributed by atoms with Crippen LogP contribution in [0.15, 0.2) is 65.4 Å². The fraction of sp³-hybridized carbons (Fsp3) is 0.629. The number of piperazine rings is 1. The molecule has 1 aliphatic carbocycles. The molecule has 3 unspecified atom stereocenters. The molecule has 5 rings (SSSR count). The van der Waals surface area contributed by atoms with E-state index in [-0.39, 0.29) is 6.04 Å². The minimum absolute atomic E-state index is 0.131. The molecule has 2 saturated heterocycles. The van der Waals surface area contributed by atoms with E-state index in [4.69, 9.17) is 4.98 Å². The van der Waals surface area contributed by atoms with E-state index in [9.17, 15) is 0 Å². The second kappa shape index (κ2) is 16.1. The van der Waals surface area contributed by atoms with E-state index in [1.54, 1.807) is 0 Å². The Balaban J connectivity index is 0.00000116. The highest BCUT2D eigenvalue weighted by molar-refractivity contribution is 5.49. The van der Waals surface area contributed by atoms with E-state index in [1.165, 1.54) is 59.9 Å². The van der Waals surface area contributed by atoms with Gasteiger partial charge in [0.2, 0.25) is 0 Å². The van der Waals surface area contributed by atoms with Crippen LogP contribution in [0.4, 0.5) is 5.82 Å². The Kier molecular flexibility index (Phi) is 12.8. The van der Waals surface area contributed by atoms with Crippen LogP contribution in [0.2, 0.25) is 0 Å². The molecule has 4 aliphatic rings. The van der Waals surface area contributed by atoms with Crippen LogP contribution in [-0.4, -0.2) is 86.1 Å². The molecule has 0 bridgehead atoms. The lowest BCUT2D eigenvalue weighted by Crippen LogP contribution is -2.48. The van der Waals surface area contributed by atoms with Crippen molar-refractivity contribution < 1.29 is 0 Å². The Morgan fingerprint density at radius 3 is 2.36 bits per heavy atom. The number of aromatic nitrogens is 1. The molecule has 4 heterocycles. The van der Waals surface area contributed by atoms with E-state index in [1.807, 2.05) is 34.7 Å². The fourth-order valence-electron chi connectivity index (χ4n) is 6.22. The number of allylic oxidation sites excluding steroid dienone is 3. The fourth-order valence-corrected chi connectivity index (χ4v) is 6.22. The van der Waals surface area contributed by atoms with Crippen LogP contribution in [0.3, 0.4) is 0 Å². The van der Waals surface area contributed by atoms with E-state index >= 15 is 0 Å². The molecule has 42 heavy (non-hydrogen) atoms. The number of anilines is 1. The molecule has 234 valence electrons. The van der Waals surface area contributed by atoms with Gasteiger partial charge in [-0.1, -0.05) is 53.7 Å². The van der Waals surface area contributed by atoms with Gasteiger partial charge in [0.05, 0.1) is 6.04 Å². The zero-order valence-corrected chi connectivity index (χ0v) is 28.1. The number of hydrogen-bond acceptors (Lipinski definition) is 7. The highest BCUT2D eigenvalue weighted by Gasteiger charge is 2.31. The maximum atomic E-state index is 4.94. The molecule has 1 aromatic rings. The molecule has 3 aliphatic heterocycles. The lowest BCUT2D eigenvalue weighted by Gasteiger charge is -2.39. The Morgan fingerprint density at radius 1 is 1.07 bits per heavy atom. The van der Waals surface area contributed by atoms with E-state index in [0.717, 1.165) is 50.8 Å². The van der Waals surface area contributed by atoms with Crippen LogP contribution in [-0.2, 0) is 0 Å². The van der Waals surface area contributed by atoms with Gasteiger partial charge in [0.1, 0.15) is 5.82 Å². The molecule has 1 aromatic heterocycles. The average molecular weight is 578 g/mol. The van der Waals surface area contributed by atoms with Gasteiger partial charge in [-0.25, -0.2) is 4.98 Å². The Morgan fingerprint density at radius 2 is 1.79 bits per heavy atom. The lowest BCUT2D eigenvalue weighted by molar-refractivity contribution is 0.298. The van der Waals surface area contributed by atoms with Crippen molar-refractivity contribution in [3.63, 3.8) is 0 Å². The van der Waals surface area contributed by atoms with Crippen molar-refractivity contribution >= 4 is 5.82 Å². The quantitative estimate of drug-likeness (QED) is 0.385. The summed E-state index contributed by atoms with van der Waals surface area (Å²) in [6.07, 6.45) is 11.7. The van der Waals surface area contributed by atoms with Crippen molar-refractivity contribution in [1.29, 1.82) is 0 Å². The zero-order chi connectivity index (χ0) is 30.8. The first kappa shape index (κ1) is 33.6. The SMILES string of the molecule is C=C(C(C)NC)N1CCN(c2ccc(C3C=C(N4CCC(CC)C4)C4=C(C=C(N(C)C)CC4)N3)cn2)CC1.CC.CC. The molecule has 0 aromatic carbocycles. The van der Waals surface area contributed by atoms with Gasteiger partial charge >= 0.3 is 0 Å². The first-order valence-corrected chi connectivity index (χ1v) is 16.5. The van der Waals surface area contributed by atoms with Crippen LogP contribution in [0, 0.1) is 5.92 Å². The second-order valence-electron chi connectivity index (χ2n) is 11.5. The lowest BCUT2D eigenvalue weighted by atomic mass is 9.90. The molecule has 0 spiro atoms. The molecule has 3 atom stereocenters. The van der Waals surface area contributed by atoms with Gasteiger partial charge in [-0.2, -0.15) is 0 Å². The van der Waals surface area contributed by atoms with Crippen molar-refractivity contribution in [1.82, 2.24) is 30.3 Å². The van der Waals surface area contributed by atoms with Crippen molar-refractivity contribution in [2.45, 2.75) is 79.3 Å². The Bertz CT molecular complexity index is 1090. The van der Waals surface area contributed by atoms with Crippen molar-refractivity contribution in [2.24, 2.45) is 5.92 Å². The number of likely N-dealkylation sites (N-methyl/N-ethyl adjacent to an activating group) is 1. The number of rotatable bonds is 8. The number of dihydropyridines is 1. The van der Waals surface area contributed by atoms with Crippen molar-refractivity contribution in [3.05, 3.63) is 71.0 Å². The molecule has 7 heteroatoms. The van der Waals surface area contributed by atoms with Gasteiger partial charge in [0.25, 0.3) is 0 Å². The maximum absolute atomic E-state index is 4.94. The van der Waals surface area contributed by atoms with Gasteiger partial charge in [-0.05, 0) is 68.5 Å². The highest BCUT2D eigenvalue weighted by atomic mass is 15.3. The summed E-state index contributed by atoms with van der Waals surface area (Å²) < 4.78 is 0. The summed E-state index contributed by atoms with van der Waals surface area (Å²) in [5, 5.41) is 7.17. The maximum Gasteiger partial charge on any atom is 0.128 e. The summed E-state index contributed by atoms with van der Waals surface area (Å²) in [6.45, 7) is 23.0. The van der Waals surface area contributed by atoms with Crippen LogP contribution in [0.5, 0.6) is 0 Å². The minimum Gasteiger partial charge on any atom is -0.381 e. The molecule has 0 saturated carbocycles. The highest BCUT2D eigenvalue weighted by Crippen LogP contribution is 2.39. The first-order valence-electron chi connectivity index (χ1n) is 16.5. The van der Waals surface area contributed by atoms with Crippen LogP contribution in [0.1, 0.15) is 78.8 Å². The molecule has 2 fully saturated rings. The molecular formula is C35H59N7. The summed E-state index contributed by atoms with van der Waals surface area (Å²) in [5.74, 6) is 1.88. The van der Waals surface area contributed by atoms with Gasteiger partial charge in [-0.3, -0.25) is 0 Å². The molecule has 7 nitrogen and oxygen atoms in total. The first-order chi connectivity index (χ1) is 20.4. The number of nitrogens with one attached hydrogen (secondary N) is 2. The summed E-state index contributed by atoms with van der Waals surface area (Å²) in [4.78, 5) is 14.6. The van der Waals surface area contributed by atoms with Gasteiger partial charge in [-0.15, -0.1) is 0 Å². The molecular weight excluding hydrogens is 518 g/mol. The smallest absolute Gasteiger partial charge is 0.128 e. The topological polar surface area (TPSA) is 49.9 Å². The summed E-state index contributed by atoms with van der Waals surface area (Å²) >= 11 is 0. The van der Waals surface area contributed by atoms with Crippen molar-refractivity contribution in [2.75, 3.05) is 65.3 Å². The van der Waals surface area contributed by atoms with E-state index in [2.05, 4.69) is 95.2 Å². The van der Waals surface area contributed by atoms with E-state index < -0.39 is 0 Å². The largest absolute Gasteiger partial charge is 0.381 e. The minimum atomic E-state index is 0.131. The third-order valence-electron chi connectivity index (χ3n) is 9.06. The van der Waals surface area contributed by atoms with Gasteiger partial charge < -0.3 is 30.2 Å². The van der Waals surface area contributed by atoms with Gasteiger partial charge in [0.15, 0.2) is 0 Å². The van der Waals surface area contributed by atoms with E-state index in [0.29, 0.717) is 6.04 Å². The summed E-state index contributed by atoms with van der Waals surface area (Å²) in [5.41, 5.74) is 8.02. The van der Waals surface area contributed by atoms with Crippen molar-refractivity contribution in [3.8, 4) is 0 Å². The number of nitrogens with zero attached hydrogens (tertiary/aromatic N) is 5. The zero-order valence-electron chi connectivity index (χ0n) is 28.1. The third-order valence-corrected chi connectivity index (χ3v) is 9.06. The van der Waals surface area contributed by atoms with Crippen LogP contribution < -0.4 is 15.5 Å². The van der Waals surface area contributed by atoms with Crippen LogP contribution in [0.25, 0.3) is 0 Å². The third kappa shape index (κ3) is 7.71. The standard InChI is InChI=1S/C31H47N7.2C2H6/c1-7-24-12-13-38(21-24)30-19-28(34-29-18-26(35(5)6)9-10-27(29)30)25-8-11-31(33-20-25)37-16-14-36(15-17-37)23(3)22(2)32-4;2*1-2/h8,11,18-20,22,24,28,32,34H,3,7,9-10,12-17,21H2,1-2,4-6H3;2*1-2H3. The average Bonchev–Trinajstić information content (AvgIpc) is 3.54. The van der Waals surface area contributed by atoms with Crippen LogP contribution >= 0.6 is 0 Å². The molecule has 2 N–H and O–H groups in total. The van der Waals surface area contributed by atoms with Gasteiger partial charge in [0, 0.05) is 88.4 Å². The number of pyridine rings is 1. The Hall–Kier alpha value is -2.93. The predicted octanol–water partition coefficient (Wildman–Crippen LogP) is 6.13. The Labute approximate surface area is 257 Å². The second-order valence-corrected chi connectivity index (χ2v) is 11.5. The predicted molar refractivity (Wildman–Crippen MR) is 180 cm³/mol. The number of likely N-dealkylation sites (tertiary alicyclic amines) is 1. The normalized spacial score (nSPS) is 22.5. The molecule has 0 amide bonds. The summed E-state index contributed by atoms with van der Waals surface area (Å²) in [7, 11) is 6.30. The number of hydrogen-bond donors (Lipinski definition) is 2. The summed E-state index contributed by atoms with van der Waals surface area (Å²) in [6, 6.07) is 4.91. The monoisotopic (exact) mass is 577 g/mol. The molecule has 0 radical (unpaired) electrons.